The third kappa shape index (κ3) is 4.70. The summed E-state index contributed by atoms with van der Waals surface area (Å²) >= 11 is 6.00. The van der Waals surface area contributed by atoms with Gasteiger partial charge in [0.05, 0.1) is 5.56 Å². The van der Waals surface area contributed by atoms with Gasteiger partial charge >= 0.3 is 5.97 Å². The van der Waals surface area contributed by atoms with E-state index in [-0.39, 0.29) is 12.1 Å². The quantitative estimate of drug-likeness (QED) is 0.599. The van der Waals surface area contributed by atoms with Gasteiger partial charge < -0.3 is 4.74 Å². The van der Waals surface area contributed by atoms with E-state index in [1.54, 1.807) is 12.1 Å². The molecule has 1 aromatic heterocycles. The average molecular weight is 310 g/mol. The monoisotopic (exact) mass is 309 g/mol. The Morgan fingerprint density at radius 3 is 2.57 bits per heavy atom. The molecule has 0 spiro atoms. The van der Waals surface area contributed by atoms with Crippen LogP contribution in [0.2, 0.25) is 5.15 Å². The van der Waals surface area contributed by atoms with E-state index in [9.17, 15) is 4.79 Å². The number of esters is 1. The highest BCUT2D eigenvalue weighted by Crippen LogP contribution is 2.30. The topological polar surface area (TPSA) is 39.2 Å². The zero-order valence-corrected chi connectivity index (χ0v) is 13.8. The van der Waals surface area contributed by atoms with Crippen molar-refractivity contribution in [3.8, 4) is 0 Å². The van der Waals surface area contributed by atoms with Crippen molar-refractivity contribution in [1.29, 1.82) is 0 Å². The van der Waals surface area contributed by atoms with Gasteiger partial charge in [0.1, 0.15) is 11.3 Å². The largest absolute Gasteiger partial charge is 0.459 e. The number of rotatable bonds is 4. The van der Waals surface area contributed by atoms with Crippen LogP contribution in [0, 0.1) is 11.8 Å². The molecule has 2 unspecified atom stereocenters. The molecule has 21 heavy (non-hydrogen) atoms. The molecule has 1 aliphatic rings. The summed E-state index contributed by atoms with van der Waals surface area (Å²) in [6, 6.07) is 3.39. The van der Waals surface area contributed by atoms with Gasteiger partial charge in [-0.1, -0.05) is 38.8 Å². The van der Waals surface area contributed by atoms with Crippen LogP contribution in [0.1, 0.15) is 62.5 Å². The lowest BCUT2D eigenvalue weighted by atomic mass is 9.82. The van der Waals surface area contributed by atoms with Crippen LogP contribution < -0.4 is 0 Å². The van der Waals surface area contributed by atoms with E-state index >= 15 is 0 Å². The number of hydrogen-bond donors (Lipinski definition) is 0. The van der Waals surface area contributed by atoms with Gasteiger partial charge in [0.15, 0.2) is 0 Å². The fourth-order valence-corrected chi connectivity index (χ4v) is 3.47. The fourth-order valence-electron chi connectivity index (χ4n) is 3.24. The summed E-state index contributed by atoms with van der Waals surface area (Å²) in [7, 11) is 0. The Balaban J connectivity index is 2.06. The van der Waals surface area contributed by atoms with E-state index in [1.165, 1.54) is 6.42 Å². The minimum absolute atomic E-state index is 0.0258. The second-order valence-electron chi connectivity index (χ2n) is 6.36. The Hall–Kier alpha value is -1.09. The van der Waals surface area contributed by atoms with Crippen molar-refractivity contribution >= 4 is 17.6 Å². The summed E-state index contributed by atoms with van der Waals surface area (Å²) in [5, 5.41) is 0.360. The highest BCUT2D eigenvalue weighted by atomic mass is 35.5. The summed E-state index contributed by atoms with van der Waals surface area (Å²) in [5.74, 6) is 0.953. The molecular weight excluding hydrogens is 286 g/mol. The van der Waals surface area contributed by atoms with E-state index in [1.807, 2.05) is 0 Å². The lowest BCUT2D eigenvalue weighted by Crippen LogP contribution is -2.28. The first-order valence-electron chi connectivity index (χ1n) is 7.85. The van der Waals surface area contributed by atoms with Gasteiger partial charge in [-0.3, -0.25) is 0 Å². The van der Waals surface area contributed by atoms with E-state index < -0.39 is 0 Å². The number of carbonyl (C=O) groups is 1. The molecule has 116 valence electrons. The summed E-state index contributed by atoms with van der Waals surface area (Å²) in [4.78, 5) is 16.6. The van der Waals surface area contributed by atoms with E-state index in [4.69, 9.17) is 16.3 Å². The first-order valence-corrected chi connectivity index (χ1v) is 8.23. The molecule has 1 saturated carbocycles. The second-order valence-corrected chi connectivity index (χ2v) is 6.75. The van der Waals surface area contributed by atoms with Crippen LogP contribution in [-0.2, 0) is 11.2 Å². The molecule has 0 N–H and O–H groups in total. The summed E-state index contributed by atoms with van der Waals surface area (Å²) < 4.78 is 5.68. The minimum atomic E-state index is -0.275. The minimum Gasteiger partial charge on any atom is -0.459 e. The zero-order valence-electron chi connectivity index (χ0n) is 13.1. The van der Waals surface area contributed by atoms with Crippen molar-refractivity contribution in [1.82, 2.24) is 4.98 Å². The number of aromatic nitrogens is 1. The fraction of sp³-hybridized carbons (Fsp3) is 0.647. The number of ether oxygens (including phenoxy) is 1. The third-order valence-electron chi connectivity index (χ3n) is 4.00. The van der Waals surface area contributed by atoms with E-state index in [0.717, 1.165) is 31.4 Å². The number of pyridine rings is 1. The number of nitrogens with zero attached hydrogens (tertiary/aromatic N) is 1. The highest BCUT2D eigenvalue weighted by Gasteiger charge is 2.27. The van der Waals surface area contributed by atoms with Crippen LogP contribution in [0.25, 0.3) is 0 Å². The Morgan fingerprint density at radius 2 is 1.95 bits per heavy atom. The van der Waals surface area contributed by atoms with Gasteiger partial charge in [0, 0.05) is 5.69 Å². The van der Waals surface area contributed by atoms with Crippen LogP contribution in [0.5, 0.6) is 0 Å². The van der Waals surface area contributed by atoms with Crippen molar-refractivity contribution in [3.05, 3.63) is 28.5 Å². The molecule has 1 fully saturated rings. The molecule has 2 rings (SSSR count). The molecule has 0 aromatic carbocycles. The molecule has 0 radical (unpaired) electrons. The Labute approximate surface area is 132 Å². The lowest BCUT2D eigenvalue weighted by Gasteiger charge is -2.31. The van der Waals surface area contributed by atoms with Gasteiger partial charge in [-0.2, -0.15) is 0 Å². The third-order valence-corrected chi connectivity index (χ3v) is 4.19. The number of halogens is 1. The van der Waals surface area contributed by atoms with Crippen molar-refractivity contribution in [2.45, 2.75) is 59.0 Å². The van der Waals surface area contributed by atoms with Crippen LogP contribution in [-0.4, -0.2) is 17.1 Å². The molecule has 2 atom stereocenters. The molecule has 1 aromatic rings. The molecule has 0 bridgehead atoms. The summed E-state index contributed by atoms with van der Waals surface area (Å²) in [5.41, 5.74) is 1.37. The molecular formula is C17H24ClNO2. The first-order chi connectivity index (χ1) is 9.97. The second kappa shape index (κ2) is 7.26. The van der Waals surface area contributed by atoms with Gasteiger partial charge in [0.25, 0.3) is 0 Å². The van der Waals surface area contributed by atoms with Gasteiger partial charge in [-0.25, -0.2) is 9.78 Å². The maximum atomic E-state index is 12.3. The predicted molar refractivity (Wildman–Crippen MR) is 84.6 cm³/mol. The number of aryl methyl sites for hydroxylation is 1. The van der Waals surface area contributed by atoms with Crippen molar-refractivity contribution < 1.29 is 9.53 Å². The van der Waals surface area contributed by atoms with Gasteiger partial charge in [-0.05, 0) is 49.7 Å². The van der Waals surface area contributed by atoms with Crippen molar-refractivity contribution in [2.75, 3.05) is 0 Å². The molecule has 4 heteroatoms. The molecule has 0 aliphatic heterocycles. The number of carbonyl (C=O) groups excluding carboxylic acids is 1. The molecule has 1 aliphatic carbocycles. The molecule has 1 heterocycles. The van der Waals surface area contributed by atoms with E-state index in [0.29, 0.717) is 22.6 Å². The SMILES string of the molecule is CCCc1cc(C(=O)OC2CC(C)CC(C)C2)cc(Cl)n1. The smallest absolute Gasteiger partial charge is 0.338 e. The summed E-state index contributed by atoms with van der Waals surface area (Å²) in [6.45, 7) is 6.52. The normalized spacial score (nSPS) is 25.6. The average Bonchev–Trinajstić information content (AvgIpc) is 2.37. The zero-order chi connectivity index (χ0) is 15.4. The first kappa shape index (κ1) is 16.3. The van der Waals surface area contributed by atoms with E-state index in [2.05, 4.69) is 25.8 Å². The number of hydrogen-bond acceptors (Lipinski definition) is 3. The molecule has 3 nitrogen and oxygen atoms in total. The Kier molecular flexibility index (Phi) is 5.63. The molecule has 0 saturated heterocycles. The van der Waals surface area contributed by atoms with Crippen molar-refractivity contribution in [3.63, 3.8) is 0 Å². The Morgan fingerprint density at radius 1 is 1.29 bits per heavy atom. The van der Waals surface area contributed by atoms with Gasteiger partial charge in [-0.15, -0.1) is 0 Å². The van der Waals surface area contributed by atoms with Crippen LogP contribution >= 0.6 is 11.6 Å². The van der Waals surface area contributed by atoms with Gasteiger partial charge in [0.2, 0.25) is 0 Å². The van der Waals surface area contributed by atoms with Crippen LogP contribution in [0.15, 0.2) is 12.1 Å². The standard InChI is InChI=1S/C17H24ClNO2/c1-4-5-14-9-13(10-16(18)19-14)17(20)21-15-7-11(2)6-12(3)8-15/h9-12,15H,4-8H2,1-3H3. The summed E-state index contributed by atoms with van der Waals surface area (Å²) in [6.07, 6.45) is 4.94. The Bertz CT molecular complexity index is 494. The predicted octanol–water partition coefficient (Wildman–Crippen LogP) is 4.67. The molecule has 0 amide bonds. The van der Waals surface area contributed by atoms with Crippen molar-refractivity contribution in [2.24, 2.45) is 11.8 Å². The maximum absolute atomic E-state index is 12.3. The maximum Gasteiger partial charge on any atom is 0.338 e. The van der Waals surface area contributed by atoms with Crippen LogP contribution in [0.4, 0.5) is 0 Å². The lowest BCUT2D eigenvalue weighted by molar-refractivity contribution is 0.00803. The highest BCUT2D eigenvalue weighted by molar-refractivity contribution is 6.29. The van der Waals surface area contributed by atoms with Crippen LogP contribution in [0.3, 0.4) is 0 Å².